The van der Waals surface area contributed by atoms with E-state index >= 15 is 0 Å². The first kappa shape index (κ1) is 25.5. The average Bonchev–Trinajstić information content (AvgIpc) is 2.75. The van der Waals surface area contributed by atoms with Crippen molar-refractivity contribution in [2.75, 3.05) is 34.4 Å². The number of nitriles is 1. The summed E-state index contributed by atoms with van der Waals surface area (Å²) in [5.41, 5.74) is 1.82. The zero-order valence-corrected chi connectivity index (χ0v) is 19.1. The van der Waals surface area contributed by atoms with Crippen LogP contribution in [0.3, 0.4) is 0 Å². The Kier molecular flexibility index (Phi) is 10.4. The van der Waals surface area contributed by atoms with E-state index in [0.717, 1.165) is 37.9 Å². The molecule has 0 aromatic heterocycles. The van der Waals surface area contributed by atoms with E-state index in [9.17, 15) is 5.26 Å². The summed E-state index contributed by atoms with van der Waals surface area (Å²) in [5, 5.41) is 10.2. The van der Waals surface area contributed by atoms with Crippen LogP contribution >= 0.6 is 0 Å². The van der Waals surface area contributed by atoms with Crippen molar-refractivity contribution in [1.82, 2.24) is 11.1 Å². The Morgan fingerprint density at radius 2 is 1.67 bits per heavy atom. The van der Waals surface area contributed by atoms with E-state index in [-0.39, 0.29) is 12.1 Å². The van der Waals surface area contributed by atoms with Gasteiger partial charge in [-0.2, -0.15) is 5.26 Å². The van der Waals surface area contributed by atoms with Gasteiger partial charge in [-0.05, 0) is 62.0 Å². The molecule has 1 unspecified atom stereocenters. The Balaban J connectivity index is 0.00000450. The molecule has 0 spiro atoms. The lowest BCUT2D eigenvalue weighted by Gasteiger charge is -2.32. The van der Waals surface area contributed by atoms with Crippen LogP contribution < -0.4 is 15.6 Å². The molecule has 30 heavy (non-hydrogen) atoms. The molecular formula is C25H37N3O2. The van der Waals surface area contributed by atoms with Gasteiger partial charge in [0.2, 0.25) is 0 Å². The van der Waals surface area contributed by atoms with Crippen LogP contribution in [0.2, 0.25) is 0 Å². The van der Waals surface area contributed by atoms with E-state index in [1.807, 2.05) is 18.2 Å². The van der Waals surface area contributed by atoms with Crippen molar-refractivity contribution >= 4 is 0 Å². The average molecular weight is 412 g/mol. The highest BCUT2D eigenvalue weighted by Crippen LogP contribution is 2.40. The van der Waals surface area contributed by atoms with Crippen LogP contribution in [0.4, 0.5) is 0 Å². The molecule has 0 aliphatic carbocycles. The molecule has 0 bridgehead atoms. The Hall–Kier alpha value is -2.55. The molecule has 5 heteroatoms. The van der Waals surface area contributed by atoms with Crippen molar-refractivity contribution in [3.63, 3.8) is 0 Å². The van der Waals surface area contributed by atoms with E-state index < -0.39 is 5.41 Å². The van der Waals surface area contributed by atoms with Gasteiger partial charge in [-0.3, -0.25) is 0 Å². The lowest BCUT2D eigenvalue weighted by atomic mass is 9.69. The summed E-state index contributed by atoms with van der Waals surface area (Å²) in [6, 6.07) is 19.1. The van der Waals surface area contributed by atoms with Crippen molar-refractivity contribution in [1.29, 1.82) is 5.26 Å². The molecule has 0 aliphatic heterocycles. The van der Waals surface area contributed by atoms with Crippen LogP contribution in [0.5, 0.6) is 11.5 Å². The van der Waals surface area contributed by atoms with E-state index in [4.69, 9.17) is 9.47 Å². The molecule has 2 rings (SSSR count). The van der Waals surface area contributed by atoms with Gasteiger partial charge in [-0.25, -0.2) is 0 Å². The summed E-state index contributed by atoms with van der Waals surface area (Å²) in [6.45, 7) is 6.23. The number of hydrogen-bond donors (Lipinski definition) is 1. The molecule has 0 aliphatic rings. The second kappa shape index (κ2) is 12.2. The molecule has 2 aromatic carbocycles. The van der Waals surface area contributed by atoms with Gasteiger partial charge in [-0.1, -0.05) is 50.2 Å². The molecule has 0 amide bonds. The molecule has 0 saturated carbocycles. The summed E-state index contributed by atoms with van der Waals surface area (Å²) < 4.78 is 10.8. The molecule has 1 atom stereocenters. The van der Waals surface area contributed by atoms with Gasteiger partial charge >= 0.3 is 0 Å². The SMILES string of the molecule is COc1ccc(C(C#N)(CCCN(C)CCc2ccccc2)C(C)C)cc1OC.N. The monoisotopic (exact) mass is 411 g/mol. The Morgan fingerprint density at radius 3 is 2.23 bits per heavy atom. The minimum absolute atomic E-state index is 0. The molecule has 2 aromatic rings. The maximum Gasteiger partial charge on any atom is 0.161 e. The maximum absolute atomic E-state index is 10.2. The van der Waals surface area contributed by atoms with Gasteiger partial charge in [-0.15, -0.1) is 0 Å². The van der Waals surface area contributed by atoms with Crippen molar-refractivity contribution in [3.8, 4) is 17.6 Å². The van der Waals surface area contributed by atoms with Gasteiger partial charge in [0.15, 0.2) is 11.5 Å². The molecular weight excluding hydrogens is 374 g/mol. The molecule has 5 nitrogen and oxygen atoms in total. The van der Waals surface area contributed by atoms with Crippen molar-refractivity contribution in [3.05, 3.63) is 59.7 Å². The van der Waals surface area contributed by atoms with Gasteiger partial charge in [0, 0.05) is 6.54 Å². The van der Waals surface area contributed by atoms with Crippen LogP contribution in [0.15, 0.2) is 48.5 Å². The number of methoxy groups -OCH3 is 2. The Labute approximate surface area is 182 Å². The summed E-state index contributed by atoms with van der Waals surface area (Å²) in [6.07, 6.45) is 2.82. The van der Waals surface area contributed by atoms with Gasteiger partial charge < -0.3 is 20.5 Å². The highest BCUT2D eigenvalue weighted by Gasteiger charge is 2.36. The third kappa shape index (κ3) is 6.22. The molecule has 0 radical (unpaired) electrons. The fourth-order valence-corrected chi connectivity index (χ4v) is 3.83. The molecule has 164 valence electrons. The van der Waals surface area contributed by atoms with Gasteiger partial charge in [0.1, 0.15) is 0 Å². The zero-order chi connectivity index (χ0) is 21.3. The maximum atomic E-state index is 10.2. The molecule has 3 N–H and O–H groups in total. The normalized spacial score (nSPS) is 12.7. The topological polar surface area (TPSA) is 80.5 Å². The molecule has 0 heterocycles. The van der Waals surface area contributed by atoms with Crippen LogP contribution in [-0.2, 0) is 11.8 Å². The lowest BCUT2D eigenvalue weighted by Crippen LogP contribution is -2.32. The van der Waals surface area contributed by atoms with E-state index in [0.29, 0.717) is 11.5 Å². The number of rotatable bonds is 11. The van der Waals surface area contributed by atoms with E-state index in [2.05, 4.69) is 62.2 Å². The largest absolute Gasteiger partial charge is 0.493 e. The quantitative estimate of drug-likeness (QED) is 0.547. The molecule has 0 saturated heterocycles. The number of nitrogens with zero attached hydrogens (tertiary/aromatic N) is 2. The van der Waals surface area contributed by atoms with Crippen molar-refractivity contribution < 1.29 is 9.47 Å². The third-order valence-corrected chi connectivity index (χ3v) is 5.82. The minimum Gasteiger partial charge on any atom is -0.493 e. The van der Waals surface area contributed by atoms with Crippen LogP contribution in [0.1, 0.15) is 37.8 Å². The predicted molar refractivity (Wildman–Crippen MR) is 124 cm³/mol. The minimum atomic E-state index is -0.542. The first-order chi connectivity index (χ1) is 14.0. The van der Waals surface area contributed by atoms with Crippen LogP contribution in [-0.4, -0.2) is 39.3 Å². The number of likely N-dealkylation sites (N-methyl/N-ethyl adjacent to an activating group) is 1. The van der Waals surface area contributed by atoms with Gasteiger partial charge in [0.05, 0.1) is 25.7 Å². The molecule has 0 fully saturated rings. The summed E-state index contributed by atoms with van der Waals surface area (Å²) >= 11 is 0. The van der Waals surface area contributed by atoms with Crippen LogP contribution in [0.25, 0.3) is 0 Å². The zero-order valence-electron chi connectivity index (χ0n) is 19.1. The first-order valence-electron chi connectivity index (χ1n) is 10.3. The smallest absolute Gasteiger partial charge is 0.161 e. The summed E-state index contributed by atoms with van der Waals surface area (Å²) in [4.78, 5) is 2.35. The first-order valence-corrected chi connectivity index (χ1v) is 10.3. The number of ether oxygens (including phenoxy) is 2. The fraction of sp³-hybridized carbons (Fsp3) is 0.480. The van der Waals surface area contributed by atoms with E-state index in [1.165, 1.54) is 5.56 Å². The van der Waals surface area contributed by atoms with Crippen molar-refractivity contribution in [2.24, 2.45) is 5.92 Å². The predicted octanol–water partition coefficient (Wildman–Crippen LogP) is 5.24. The highest BCUT2D eigenvalue weighted by molar-refractivity contribution is 5.47. The van der Waals surface area contributed by atoms with Crippen molar-refractivity contribution in [2.45, 2.75) is 38.5 Å². The third-order valence-electron chi connectivity index (χ3n) is 5.82. The second-order valence-electron chi connectivity index (χ2n) is 7.95. The Morgan fingerprint density at radius 1 is 1.00 bits per heavy atom. The van der Waals surface area contributed by atoms with Crippen LogP contribution in [0, 0.1) is 17.2 Å². The Bertz CT molecular complexity index is 802. The lowest BCUT2D eigenvalue weighted by molar-refractivity contribution is 0.292. The highest BCUT2D eigenvalue weighted by atomic mass is 16.5. The van der Waals surface area contributed by atoms with Gasteiger partial charge in [0.25, 0.3) is 0 Å². The summed E-state index contributed by atoms with van der Waals surface area (Å²) in [5.74, 6) is 1.55. The standard InChI is InChI=1S/C25H34N2O2.H3N/c1-20(2)25(19-26,22-12-13-23(28-4)24(18-22)29-5)15-9-16-27(3)17-14-21-10-7-6-8-11-21;/h6-8,10-13,18,20H,9,14-17H2,1-5H3;1H3. The van der Waals surface area contributed by atoms with E-state index in [1.54, 1.807) is 14.2 Å². The number of benzene rings is 2. The number of hydrogen-bond acceptors (Lipinski definition) is 5. The second-order valence-corrected chi connectivity index (χ2v) is 7.95. The summed E-state index contributed by atoms with van der Waals surface area (Å²) in [7, 11) is 5.42. The fourth-order valence-electron chi connectivity index (χ4n) is 3.83.